The van der Waals surface area contributed by atoms with Gasteiger partial charge >= 0.3 is 6.18 Å². The van der Waals surface area contributed by atoms with Gasteiger partial charge in [0.15, 0.2) is 0 Å². The summed E-state index contributed by atoms with van der Waals surface area (Å²) in [4.78, 5) is -0.702. The molecule has 0 amide bonds. The predicted molar refractivity (Wildman–Crippen MR) is 51.0 cm³/mol. The van der Waals surface area contributed by atoms with Gasteiger partial charge in [0.25, 0.3) is 9.05 Å². The quantitative estimate of drug-likeness (QED) is 0.779. The largest absolute Gasteiger partial charge is 0.495 e. The minimum Gasteiger partial charge on any atom is -0.495 e. The lowest BCUT2D eigenvalue weighted by molar-refractivity contribution is -0.137. The van der Waals surface area contributed by atoms with Crippen molar-refractivity contribution in [3.05, 3.63) is 23.8 Å². The van der Waals surface area contributed by atoms with E-state index in [9.17, 15) is 21.6 Å². The van der Waals surface area contributed by atoms with Crippen LogP contribution in [0.15, 0.2) is 23.1 Å². The zero-order chi connectivity index (χ0) is 12.6. The fourth-order valence-electron chi connectivity index (χ4n) is 1.04. The molecule has 90 valence electrons. The third-order valence-corrected chi connectivity index (χ3v) is 3.10. The van der Waals surface area contributed by atoms with E-state index in [1.54, 1.807) is 0 Å². The summed E-state index contributed by atoms with van der Waals surface area (Å²) < 4.78 is 63.6. The Labute approximate surface area is 94.2 Å². The van der Waals surface area contributed by atoms with Gasteiger partial charge in [-0.15, -0.1) is 0 Å². The SMILES string of the molecule is COc1ccc(C(F)(F)F)cc1S(=O)(=O)Cl. The van der Waals surface area contributed by atoms with E-state index in [2.05, 4.69) is 4.74 Å². The monoisotopic (exact) mass is 274 g/mol. The molecule has 0 bridgehead atoms. The number of methoxy groups -OCH3 is 1. The van der Waals surface area contributed by atoms with Crippen molar-refractivity contribution < 1.29 is 26.3 Å². The van der Waals surface area contributed by atoms with Crippen molar-refractivity contribution in [2.45, 2.75) is 11.1 Å². The highest BCUT2D eigenvalue weighted by atomic mass is 35.7. The first-order chi connectivity index (χ1) is 7.16. The average Bonchev–Trinajstić information content (AvgIpc) is 2.14. The molecule has 0 aromatic heterocycles. The van der Waals surface area contributed by atoms with E-state index < -0.39 is 25.7 Å². The topological polar surface area (TPSA) is 43.4 Å². The average molecular weight is 275 g/mol. The van der Waals surface area contributed by atoms with Gasteiger partial charge in [-0.05, 0) is 18.2 Å². The zero-order valence-electron chi connectivity index (χ0n) is 7.88. The maximum absolute atomic E-state index is 12.3. The van der Waals surface area contributed by atoms with Crippen LogP contribution in [-0.4, -0.2) is 15.5 Å². The van der Waals surface area contributed by atoms with Crippen molar-refractivity contribution in [1.29, 1.82) is 0 Å². The lowest BCUT2D eigenvalue weighted by Gasteiger charge is -2.10. The molecule has 0 atom stereocenters. The molecule has 0 unspecified atom stereocenters. The van der Waals surface area contributed by atoms with E-state index in [0.29, 0.717) is 12.1 Å². The Morgan fingerprint density at radius 1 is 1.31 bits per heavy atom. The van der Waals surface area contributed by atoms with Crippen molar-refractivity contribution in [3.8, 4) is 5.75 Å². The summed E-state index contributed by atoms with van der Waals surface area (Å²) in [7, 11) is 1.84. The molecule has 0 saturated carbocycles. The van der Waals surface area contributed by atoms with Crippen molar-refractivity contribution in [2.24, 2.45) is 0 Å². The van der Waals surface area contributed by atoms with Crippen LogP contribution in [0.25, 0.3) is 0 Å². The van der Waals surface area contributed by atoms with Gasteiger partial charge in [0, 0.05) is 10.7 Å². The Morgan fingerprint density at radius 2 is 1.88 bits per heavy atom. The number of ether oxygens (including phenoxy) is 1. The standard InChI is InChI=1S/C8H6ClF3O3S/c1-15-6-3-2-5(8(10,11)12)4-7(6)16(9,13)14/h2-4H,1H3. The van der Waals surface area contributed by atoms with Gasteiger partial charge in [-0.1, -0.05) is 0 Å². The van der Waals surface area contributed by atoms with Gasteiger partial charge in [0.1, 0.15) is 10.6 Å². The van der Waals surface area contributed by atoms with Crippen LogP contribution in [0.4, 0.5) is 13.2 Å². The van der Waals surface area contributed by atoms with Crippen LogP contribution >= 0.6 is 10.7 Å². The molecule has 3 nitrogen and oxygen atoms in total. The van der Waals surface area contributed by atoms with Crippen LogP contribution in [0.2, 0.25) is 0 Å². The van der Waals surface area contributed by atoms with E-state index in [4.69, 9.17) is 10.7 Å². The minimum absolute atomic E-state index is 0.233. The lowest BCUT2D eigenvalue weighted by Crippen LogP contribution is -2.07. The Hall–Kier alpha value is -0.950. The summed E-state index contributed by atoms with van der Waals surface area (Å²) in [5, 5.41) is 0. The van der Waals surface area contributed by atoms with Gasteiger partial charge in [-0.2, -0.15) is 13.2 Å². The van der Waals surface area contributed by atoms with E-state index in [1.165, 1.54) is 0 Å². The van der Waals surface area contributed by atoms with E-state index >= 15 is 0 Å². The molecule has 0 aliphatic rings. The Bertz CT molecular complexity index is 496. The number of halogens is 4. The first-order valence-corrected chi connectivity index (χ1v) is 6.17. The molecular weight excluding hydrogens is 269 g/mol. The highest BCUT2D eigenvalue weighted by Crippen LogP contribution is 2.35. The second-order valence-corrected chi connectivity index (χ2v) is 5.34. The smallest absolute Gasteiger partial charge is 0.416 e. The molecule has 0 radical (unpaired) electrons. The Kier molecular flexibility index (Phi) is 3.39. The van der Waals surface area contributed by atoms with Crippen molar-refractivity contribution >= 4 is 19.7 Å². The second-order valence-electron chi connectivity index (χ2n) is 2.80. The summed E-state index contributed by atoms with van der Waals surface area (Å²) >= 11 is 0. The van der Waals surface area contributed by atoms with Gasteiger partial charge in [0.05, 0.1) is 12.7 Å². The van der Waals surface area contributed by atoms with Crippen LogP contribution < -0.4 is 4.74 Å². The van der Waals surface area contributed by atoms with Crippen molar-refractivity contribution in [1.82, 2.24) is 0 Å². The molecular formula is C8H6ClF3O3S. The first-order valence-electron chi connectivity index (χ1n) is 3.86. The number of benzene rings is 1. The number of rotatable bonds is 2. The predicted octanol–water partition coefficient (Wildman–Crippen LogP) is 2.64. The van der Waals surface area contributed by atoms with Crippen LogP contribution in [0.5, 0.6) is 5.75 Å². The summed E-state index contributed by atoms with van der Waals surface area (Å²) in [5.74, 6) is -0.233. The summed E-state index contributed by atoms with van der Waals surface area (Å²) in [6.45, 7) is 0. The molecule has 0 aliphatic carbocycles. The number of alkyl halides is 3. The summed E-state index contributed by atoms with van der Waals surface area (Å²) in [6, 6.07) is 2.05. The van der Waals surface area contributed by atoms with Gasteiger partial charge < -0.3 is 4.74 Å². The molecule has 0 fully saturated rings. The second kappa shape index (κ2) is 4.14. The fourth-order valence-corrected chi connectivity index (χ4v) is 2.06. The van der Waals surface area contributed by atoms with Crippen molar-refractivity contribution in [2.75, 3.05) is 7.11 Å². The van der Waals surface area contributed by atoms with Crippen LogP contribution in [0.1, 0.15) is 5.56 Å². The van der Waals surface area contributed by atoms with Gasteiger partial charge in [-0.3, -0.25) is 0 Å². The highest BCUT2D eigenvalue weighted by Gasteiger charge is 2.32. The maximum Gasteiger partial charge on any atom is 0.416 e. The third kappa shape index (κ3) is 2.79. The van der Waals surface area contributed by atoms with Gasteiger partial charge in [0.2, 0.25) is 0 Å². The zero-order valence-corrected chi connectivity index (χ0v) is 9.45. The Morgan fingerprint density at radius 3 is 2.25 bits per heavy atom. The molecule has 0 spiro atoms. The van der Waals surface area contributed by atoms with E-state index in [-0.39, 0.29) is 5.75 Å². The molecule has 8 heteroatoms. The molecule has 16 heavy (non-hydrogen) atoms. The molecule has 1 aromatic rings. The van der Waals surface area contributed by atoms with Crippen molar-refractivity contribution in [3.63, 3.8) is 0 Å². The summed E-state index contributed by atoms with van der Waals surface area (Å²) in [6.07, 6.45) is -4.64. The maximum atomic E-state index is 12.3. The molecule has 1 aromatic carbocycles. The van der Waals surface area contributed by atoms with E-state index in [1.807, 2.05) is 0 Å². The van der Waals surface area contributed by atoms with Crippen LogP contribution in [-0.2, 0) is 15.2 Å². The third-order valence-electron chi connectivity index (χ3n) is 1.75. The fraction of sp³-hybridized carbons (Fsp3) is 0.250. The van der Waals surface area contributed by atoms with Gasteiger partial charge in [-0.25, -0.2) is 8.42 Å². The Balaban J connectivity index is 3.46. The summed E-state index contributed by atoms with van der Waals surface area (Å²) in [5.41, 5.74) is -1.10. The molecule has 1 rings (SSSR count). The lowest BCUT2D eigenvalue weighted by atomic mass is 10.2. The molecule has 0 saturated heterocycles. The molecule has 0 N–H and O–H groups in total. The highest BCUT2D eigenvalue weighted by molar-refractivity contribution is 8.13. The number of hydrogen-bond donors (Lipinski definition) is 0. The van der Waals surface area contributed by atoms with Crippen LogP contribution in [0.3, 0.4) is 0 Å². The van der Waals surface area contributed by atoms with Crippen LogP contribution in [0, 0.1) is 0 Å². The van der Waals surface area contributed by atoms with E-state index in [0.717, 1.165) is 13.2 Å². The normalized spacial score (nSPS) is 12.6. The molecule has 0 heterocycles. The first kappa shape index (κ1) is 13.1. The minimum atomic E-state index is -4.64. The molecule has 0 aliphatic heterocycles. The number of hydrogen-bond acceptors (Lipinski definition) is 3.